The van der Waals surface area contributed by atoms with Crippen LogP contribution in [0.4, 0.5) is 0 Å². The largest absolute Gasteiger partial charge is 0.310 e. The van der Waals surface area contributed by atoms with Gasteiger partial charge in [-0.2, -0.15) is 0 Å². The molecule has 7 heteroatoms. The molecule has 0 aliphatic carbocycles. The lowest BCUT2D eigenvalue weighted by Crippen LogP contribution is -2.19. The van der Waals surface area contributed by atoms with Gasteiger partial charge in [0.2, 0.25) is 0 Å². The van der Waals surface area contributed by atoms with Gasteiger partial charge in [-0.15, -0.1) is 10.2 Å². The lowest BCUT2D eigenvalue weighted by molar-refractivity contribution is 0.603. The minimum absolute atomic E-state index is 0.112. The summed E-state index contributed by atoms with van der Waals surface area (Å²) in [5, 5.41) is 9.70. The van der Waals surface area contributed by atoms with Crippen LogP contribution in [-0.2, 0) is 0 Å². The third kappa shape index (κ3) is 2.84. The average Bonchev–Trinajstić information content (AvgIpc) is 3.13. The summed E-state index contributed by atoms with van der Waals surface area (Å²) < 4.78 is 4.37. The predicted molar refractivity (Wildman–Crippen MR) is 104 cm³/mol. The van der Waals surface area contributed by atoms with Crippen molar-refractivity contribution >= 4 is 26.7 Å². The monoisotopic (exact) mass is 409 g/mol. The molecular weight excluding hydrogens is 394 g/mol. The normalized spacial score (nSPS) is 11.4. The van der Waals surface area contributed by atoms with E-state index in [1.165, 1.54) is 0 Å². The lowest BCUT2D eigenvalue weighted by Gasteiger charge is -2.11. The zero-order chi connectivity index (χ0) is 18.3. The Kier molecular flexibility index (Phi) is 4.16. The molecule has 4 rings (SSSR count). The first kappa shape index (κ1) is 16.7. The number of pyridine rings is 2. The Labute approximate surface area is 158 Å². The van der Waals surface area contributed by atoms with E-state index in [0.717, 1.165) is 9.86 Å². The van der Waals surface area contributed by atoms with E-state index < -0.39 is 0 Å². The molecule has 0 N–H and O–H groups in total. The van der Waals surface area contributed by atoms with Crippen molar-refractivity contribution in [2.45, 2.75) is 19.9 Å². The highest BCUT2D eigenvalue weighted by atomic mass is 79.9. The van der Waals surface area contributed by atoms with Crippen LogP contribution in [0.3, 0.4) is 0 Å². The van der Waals surface area contributed by atoms with Crippen LogP contribution in [0.1, 0.15) is 19.9 Å². The Balaban J connectivity index is 1.87. The van der Waals surface area contributed by atoms with Crippen LogP contribution >= 0.6 is 15.9 Å². The third-order valence-corrected chi connectivity index (χ3v) is 4.70. The number of aromatic nitrogens is 5. The second kappa shape index (κ2) is 6.49. The molecule has 6 nitrogen and oxygen atoms in total. The van der Waals surface area contributed by atoms with Crippen molar-refractivity contribution in [3.63, 3.8) is 0 Å². The van der Waals surface area contributed by atoms with Gasteiger partial charge in [-0.3, -0.25) is 9.36 Å². The van der Waals surface area contributed by atoms with Gasteiger partial charge < -0.3 is 4.57 Å². The predicted octanol–water partition coefficient (Wildman–Crippen LogP) is 3.99. The Morgan fingerprint density at radius 3 is 2.77 bits per heavy atom. The summed E-state index contributed by atoms with van der Waals surface area (Å²) in [6, 6.07) is 13.3. The van der Waals surface area contributed by atoms with Crippen molar-refractivity contribution in [2.24, 2.45) is 0 Å². The zero-order valence-corrected chi connectivity index (χ0v) is 15.9. The first-order chi connectivity index (χ1) is 12.5. The van der Waals surface area contributed by atoms with Gasteiger partial charge in [0.25, 0.3) is 5.56 Å². The van der Waals surface area contributed by atoms with Gasteiger partial charge in [-0.1, -0.05) is 28.1 Å². The molecule has 3 heterocycles. The van der Waals surface area contributed by atoms with Gasteiger partial charge in [-0.25, -0.2) is 4.98 Å². The van der Waals surface area contributed by atoms with Crippen LogP contribution in [0, 0.1) is 0 Å². The SMILES string of the molecule is CC(C)n1cnnc1-c1cccc(-n2ccc3ccc(Br)cc3c2=O)n1. The van der Waals surface area contributed by atoms with Crippen molar-refractivity contribution in [1.29, 1.82) is 0 Å². The molecule has 0 unspecified atom stereocenters. The van der Waals surface area contributed by atoms with E-state index in [-0.39, 0.29) is 11.6 Å². The first-order valence-electron chi connectivity index (χ1n) is 8.23. The summed E-state index contributed by atoms with van der Waals surface area (Å²) in [6.07, 6.45) is 3.44. The van der Waals surface area contributed by atoms with E-state index in [2.05, 4.69) is 45.0 Å². The number of fused-ring (bicyclic) bond motifs is 1. The van der Waals surface area contributed by atoms with Gasteiger partial charge in [0.05, 0.1) is 0 Å². The summed E-state index contributed by atoms with van der Waals surface area (Å²) in [5.41, 5.74) is 0.564. The highest BCUT2D eigenvalue weighted by Gasteiger charge is 2.13. The van der Waals surface area contributed by atoms with Crippen molar-refractivity contribution in [3.8, 4) is 17.3 Å². The fourth-order valence-corrected chi connectivity index (χ4v) is 3.24. The van der Waals surface area contributed by atoms with Gasteiger partial charge in [0.1, 0.15) is 17.8 Å². The first-order valence-corrected chi connectivity index (χ1v) is 9.02. The van der Waals surface area contributed by atoms with E-state index in [1.807, 2.05) is 47.0 Å². The molecule has 0 saturated heterocycles. The number of hydrogen-bond donors (Lipinski definition) is 0. The zero-order valence-electron chi connectivity index (χ0n) is 14.3. The van der Waals surface area contributed by atoms with Crippen LogP contribution in [-0.4, -0.2) is 24.3 Å². The molecule has 0 radical (unpaired) electrons. The molecule has 0 aliphatic heterocycles. The molecule has 0 bridgehead atoms. The van der Waals surface area contributed by atoms with Gasteiger partial charge in [-0.05, 0) is 49.6 Å². The molecule has 0 aliphatic rings. The molecule has 0 atom stereocenters. The van der Waals surface area contributed by atoms with Gasteiger partial charge in [0, 0.05) is 22.1 Å². The maximum atomic E-state index is 12.9. The summed E-state index contributed by atoms with van der Waals surface area (Å²) >= 11 is 3.42. The standard InChI is InChI=1S/C19H16BrN5O/c1-12(2)25-11-21-23-18(25)16-4-3-5-17(22-16)24-9-8-13-6-7-14(20)10-15(13)19(24)26/h3-12H,1-2H3. The Morgan fingerprint density at radius 2 is 1.96 bits per heavy atom. The number of benzene rings is 1. The minimum Gasteiger partial charge on any atom is -0.310 e. The van der Waals surface area contributed by atoms with Gasteiger partial charge >= 0.3 is 0 Å². The van der Waals surface area contributed by atoms with Crippen molar-refractivity contribution < 1.29 is 0 Å². The summed E-state index contributed by atoms with van der Waals surface area (Å²) in [4.78, 5) is 17.6. The van der Waals surface area contributed by atoms with E-state index in [1.54, 1.807) is 17.1 Å². The molecular formula is C19H16BrN5O. The average molecular weight is 410 g/mol. The number of halogens is 1. The smallest absolute Gasteiger partial charge is 0.264 e. The Morgan fingerprint density at radius 1 is 1.12 bits per heavy atom. The number of rotatable bonds is 3. The van der Waals surface area contributed by atoms with Crippen LogP contribution in [0.2, 0.25) is 0 Å². The molecule has 0 amide bonds. The molecule has 4 aromatic rings. The topological polar surface area (TPSA) is 65.6 Å². The fraction of sp³-hybridized carbons (Fsp3) is 0.158. The van der Waals surface area contributed by atoms with E-state index in [0.29, 0.717) is 22.7 Å². The fourth-order valence-electron chi connectivity index (χ4n) is 2.88. The molecule has 3 aromatic heterocycles. The summed E-state index contributed by atoms with van der Waals surface area (Å²) in [5.74, 6) is 1.23. The van der Waals surface area contributed by atoms with Crippen molar-refractivity contribution in [1.82, 2.24) is 24.3 Å². The molecule has 0 saturated carbocycles. The maximum Gasteiger partial charge on any atom is 0.264 e. The number of nitrogens with zero attached hydrogens (tertiary/aromatic N) is 5. The molecule has 0 fully saturated rings. The van der Waals surface area contributed by atoms with E-state index in [9.17, 15) is 4.79 Å². The highest BCUT2D eigenvalue weighted by molar-refractivity contribution is 9.10. The van der Waals surface area contributed by atoms with E-state index in [4.69, 9.17) is 0 Å². The Hall–Kier alpha value is -2.80. The lowest BCUT2D eigenvalue weighted by atomic mass is 10.2. The molecule has 26 heavy (non-hydrogen) atoms. The summed E-state index contributed by atoms with van der Waals surface area (Å²) in [6.45, 7) is 4.12. The quantitative estimate of drug-likeness (QED) is 0.513. The highest BCUT2D eigenvalue weighted by Crippen LogP contribution is 2.20. The molecule has 1 aromatic carbocycles. The maximum absolute atomic E-state index is 12.9. The summed E-state index contributed by atoms with van der Waals surface area (Å²) in [7, 11) is 0. The van der Waals surface area contributed by atoms with Crippen LogP contribution in [0.15, 0.2) is 64.3 Å². The van der Waals surface area contributed by atoms with Crippen molar-refractivity contribution in [3.05, 3.63) is 69.8 Å². The number of hydrogen-bond acceptors (Lipinski definition) is 4. The second-order valence-corrected chi connectivity index (χ2v) is 7.17. The molecule has 0 spiro atoms. The van der Waals surface area contributed by atoms with E-state index >= 15 is 0 Å². The third-order valence-electron chi connectivity index (χ3n) is 4.21. The van der Waals surface area contributed by atoms with Gasteiger partial charge in [0.15, 0.2) is 5.82 Å². The Bertz CT molecular complexity index is 1160. The van der Waals surface area contributed by atoms with Crippen molar-refractivity contribution in [2.75, 3.05) is 0 Å². The van der Waals surface area contributed by atoms with Crippen LogP contribution in [0.5, 0.6) is 0 Å². The second-order valence-electron chi connectivity index (χ2n) is 6.26. The van der Waals surface area contributed by atoms with Crippen LogP contribution in [0.25, 0.3) is 28.1 Å². The van der Waals surface area contributed by atoms with Crippen LogP contribution < -0.4 is 5.56 Å². The molecule has 130 valence electrons. The minimum atomic E-state index is -0.112.